The Kier molecular flexibility index (Phi) is 4.39. The lowest BCUT2D eigenvalue weighted by molar-refractivity contribution is -0.116. The first-order valence-corrected chi connectivity index (χ1v) is 7.40. The first-order valence-electron chi connectivity index (χ1n) is 6.52. The molecule has 2 rings (SSSR count). The normalized spacial score (nSPS) is 12.0. The number of rotatable bonds is 4. The van der Waals surface area contributed by atoms with Gasteiger partial charge in [0.25, 0.3) is 0 Å². The Morgan fingerprint density at radius 2 is 2.05 bits per heavy atom. The predicted octanol–water partition coefficient (Wildman–Crippen LogP) is 3.51. The lowest BCUT2D eigenvalue weighted by atomic mass is 10.1. The van der Waals surface area contributed by atoms with Crippen molar-refractivity contribution < 1.29 is 4.79 Å². The fraction of sp³-hybridized carbons (Fsp3) is 0.333. The van der Waals surface area contributed by atoms with Crippen molar-refractivity contribution in [3.63, 3.8) is 0 Å². The van der Waals surface area contributed by atoms with E-state index in [4.69, 9.17) is 0 Å². The summed E-state index contributed by atoms with van der Waals surface area (Å²) in [4.78, 5) is 16.3. The highest BCUT2D eigenvalue weighted by atomic mass is 32.1. The van der Waals surface area contributed by atoms with Gasteiger partial charge in [0.15, 0.2) is 5.13 Å². The van der Waals surface area contributed by atoms with Crippen LogP contribution in [-0.2, 0) is 4.79 Å². The molecular formula is C15H19N3OS. The van der Waals surface area contributed by atoms with Crippen molar-refractivity contribution in [2.75, 3.05) is 10.6 Å². The van der Waals surface area contributed by atoms with E-state index >= 15 is 0 Å². The second kappa shape index (κ2) is 6.05. The van der Waals surface area contributed by atoms with Gasteiger partial charge >= 0.3 is 0 Å². The van der Waals surface area contributed by atoms with Crippen LogP contribution < -0.4 is 10.6 Å². The van der Waals surface area contributed by atoms with Crippen LogP contribution >= 0.6 is 11.3 Å². The molecule has 1 heterocycles. The summed E-state index contributed by atoms with van der Waals surface area (Å²) in [5.74, 6) is -0.0831. The molecule has 1 unspecified atom stereocenters. The number of hydrogen-bond acceptors (Lipinski definition) is 4. The van der Waals surface area contributed by atoms with Crippen molar-refractivity contribution >= 4 is 28.1 Å². The van der Waals surface area contributed by atoms with E-state index in [0.717, 1.165) is 16.9 Å². The van der Waals surface area contributed by atoms with Gasteiger partial charge in [-0.1, -0.05) is 12.1 Å². The molecule has 1 aromatic carbocycles. The predicted molar refractivity (Wildman–Crippen MR) is 84.5 cm³/mol. The molecule has 0 aliphatic heterocycles. The number of aromatic nitrogens is 1. The number of nitrogens with one attached hydrogen (secondary N) is 2. The summed E-state index contributed by atoms with van der Waals surface area (Å²) in [7, 11) is 0. The maximum atomic E-state index is 12.1. The number of benzene rings is 1. The maximum Gasteiger partial charge on any atom is 0.248 e. The highest BCUT2D eigenvalue weighted by Gasteiger charge is 2.15. The Hall–Kier alpha value is -1.88. The Morgan fingerprint density at radius 3 is 2.70 bits per heavy atom. The van der Waals surface area contributed by atoms with E-state index in [0.29, 0.717) is 5.13 Å². The molecule has 20 heavy (non-hydrogen) atoms. The number of carbonyl (C=O) groups excluding carboxylic acids is 1. The van der Waals surface area contributed by atoms with E-state index in [2.05, 4.69) is 21.7 Å². The Balaban J connectivity index is 2.02. The molecule has 0 fully saturated rings. The van der Waals surface area contributed by atoms with E-state index in [9.17, 15) is 4.79 Å². The highest BCUT2D eigenvalue weighted by Crippen LogP contribution is 2.18. The van der Waals surface area contributed by atoms with Crippen molar-refractivity contribution in [2.24, 2.45) is 0 Å². The van der Waals surface area contributed by atoms with E-state index in [1.807, 2.05) is 45.2 Å². The third kappa shape index (κ3) is 3.57. The van der Waals surface area contributed by atoms with Gasteiger partial charge in [-0.25, -0.2) is 4.98 Å². The van der Waals surface area contributed by atoms with Crippen LogP contribution in [0.5, 0.6) is 0 Å². The Morgan fingerprint density at radius 1 is 1.30 bits per heavy atom. The average molecular weight is 289 g/mol. The molecule has 0 bridgehead atoms. The van der Waals surface area contributed by atoms with Crippen molar-refractivity contribution in [3.8, 4) is 0 Å². The summed E-state index contributed by atoms with van der Waals surface area (Å²) in [5.41, 5.74) is 4.20. The molecule has 1 amide bonds. The molecule has 1 aromatic heterocycles. The second-order valence-corrected chi connectivity index (χ2v) is 5.83. The second-order valence-electron chi connectivity index (χ2n) is 4.97. The van der Waals surface area contributed by atoms with Crippen LogP contribution in [0, 0.1) is 20.8 Å². The van der Waals surface area contributed by atoms with Gasteiger partial charge in [0.1, 0.15) is 6.04 Å². The highest BCUT2D eigenvalue weighted by molar-refractivity contribution is 7.13. The van der Waals surface area contributed by atoms with Crippen LogP contribution in [-0.4, -0.2) is 16.9 Å². The summed E-state index contributed by atoms with van der Waals surface area (Å²) in [6.07, 6.45) is 0. The maximum absolute atomic E-state index is 12.1. The molecule has 0 aliphatic rings. The Labute approximate surface area is 123 Å². The Bertz CT molecular complexity index is 621. The lowest BCUT2D eigenvalue weighted by Gasteiger charge is -2.16. The fourth-order valence-electron chi connectivity index (χ4n) is 1.82. The van der Waals surface area contributed by atoms with Crippen LogP contribution in [0.25, 0.3) is 0 Å². The number of amides is 1. The van der Waals surface area contributed by atoms with Crippen molar-refractivity contribution in [3.05, 3.63) is 40.4 Å². The minimum atomic E-state index is -0.320. The summed E-state index contributed by atoms with van der Waals surface area (Å²) < 4.78 is 0. The van der Waals surface area contributed by atoms with Crippen LogP contribution in [0.2, 0.25) is 0 Å². The molecule has 0 saturated carbocycles. The van der Waals surface area contributed by atoms with Crippen LogP contribution in [0.4, 0.5) is 10.8 Å². The topological polar surface area (TPSA) is 54.0 Å². The zero-order valence-corrected chi connectivity index (χ0v) is 13.0. The lowest BCUT2D eigenvalue weighted by Crippen LogP contribution is -2.32. The third-order valence-corrected chi connectivity index (χ3v) is 3.88. The van der Waals surface area contributed by atoms with Crippen LogP contribution in [0.1, 0.15) is 23.7 Å². The van der Waals surface area contributed by atoms with E-state index in [-0.39, 0.29) is 11.9 Å². The molecule has 2 N–H and O–H groups in total. The number of hydrogen-bond donors (Lipinski definition) is 2. The van der Waals surface area contributed by atoms with Gasteiger partial charge in [0, 0.05) is 11.1 Å². The van der Waals surface area contributed by atoms with Gasteiger partial charge in [0.05, 0.1) is 5.69 Å². The molecule has 0 saturated heterocycles. The monoisotopic (exact) mass is 289 g/mol. The molecule has 0 radical (unpaired) electrons. The fourth-order valence-corrected chi connectivity index (χ4v) is 2.51. The van der Waals surface area contributed by atoms with Crippen molar-refractivity contribution in [2.45, 2.75) is 33.7 Å². The van der Waals surface area contributed by atoms with E-state index in [1.165, 1.54) is 16.9 Å². The number of thiazole rings is 1. The van der Waals surface area contributed by atoms with Crippen molar-refractivity contribution in [1.82, 2.24) is 4.98 Å². The molecular weight excluding hydrogens is 270 g/mol. The smallest absolute Gasteiger partial charge is 0.248 e. The minimum Gasteiger partial charge on any atom is -0.374 e. The molecule has 0 aliphatic carbocycles. The zero-order valence-electron chi connectivity index (χ0n) is 12.2. The number of carbonyl (C=O) groups is 1. The van der Waals surface area contributed by atoms with Gasteiger partial charge in [-0.05, 0) is 44.9 Å². The van der Waals surface area contributed by atoms with Gasteiger partial charge in [-0.3, -0.25) is 4.79 Å². The standard InChI is InChI=1S/C15H19N3OS/c1-9-5-6-10(2)13(7-9)17-12(4)14(19)18-15-16-11(3)8-20-15/h5-8,12,17H,1-4H3,(H,16,18,19). The minimum absolute atomic E-state index is 0.0831. The van der Waals surface area contributed by atoms with E-state index < -0.39 is 0 Å². The summed E-state index contributed by atoms with van der Waals surface area (Å²) in [6, 6.07) is 5.84. The molecule has 4 nitrogen and oxygen atoms in total. The first kappa shape index (κ1) is 14.5. The van der Waals surface area contributed by atoms with Crippen LogP contribution in [0.3, 0.4) is 0 Å². The van der Waals surface area contributed by atoms with Crippen molar-refractivity contribution in [1.29, 1.82) is 0 Å². The van der Waals surface area contributed by atoms with Crippen LogP contribution in [0.15, 0.2) is 23.6 Å². The summed E-state index contributed by atoms with van der Waals surface area (Å²) in [5, 5.41) is 8.62. The van der Waals surface area contributed by atoms with Gasteiger partial charge < -0.3 is 10.6 Å². The number of nitrogens with zero attached hydrogens (tertiary/aromatic N) is 1. The molecule has 2 aromatic rings. The average Bonchev–Trinajstić information content (AvgIpc) is 2.79. The van der Waals surface area contributed by atoms with Gasteiger partial charge in [-0.2, -0.15) is 0 Å². The quantitative estimate of drug-likeness (QED) is 0.905. The molecule has 0 spiro atoms. The molecule has 5 heteroatoms. The zero-order chi connectivity index (χ0) is 14.7. The number of aryl methyl sites for hydroxylation is 3. The SMILES string of the molecule is Cc1ccc(C)c(NC(C)C(=O)Nc2nc(C)cs2)c1. The molecule has 1 atom stereocenters. The first-order chi connectivity index (χ1) is 9.45. The largest absolute Gasteiger partial charge is 0.374 e. The summed E-state index contributed by atoms with van der Waals surface area (Å²) in [6.45, 7) is 7.81. The number of anilines is 2. The summed E-state index contributed by atoms with van der Waals surface area (Å²) >= 11 is 1.44. The van der Waals surface area contributed by atoms with E-state index in [1.54, 1.807) is 0 Å². The van der Waals surface area contributed by atoms with Gasteiger partial charge in [-0.15, -0.1) is 11.3 Å². The third-order valence-electron chi connectivity index (χ3n) is 3.01. The van der Waals surface area contributed by atoms with Gasteiger partial charge in [0.2, 0.25) is 5.91 Å². The molecule has 106 valence electrons.